The molecule has 126 valence electrons. The zero-order valence-corrected chi connectivity index (χ0v) is 12.6. The highest BCUT2D eigenvalue weighted by molar-refractivity contribution is 5.64. The third kappa shape index (κ3) is 3.00. The van der Waals surface area contributed by atoms with E-state index in [9.17, 15) is 14.4 Å². The van der Waals surface area contributed by atoms with Crippen LogP contribution in [0.5, 0.6) is 0 Å². The van der Waals surface area contributed by atoms with Crippen LogP contribution in [0.4, 0.5) is 4.79 Å². The Hall–Kier alpha value is -2.17. The molecule has 10 heteroatoms. The molecule has 3 rings (SSSR count). The number of rotatable bonds is 3. The van der Waals surface area contributed by atoms with E-state index in [2.05, 4.69) is 4.98 Å². The van der Waals surface area contributed by atoms with E-state index in [1.165, 1.54) is 16.8 Å². The molecule has 0 radical (unpaired) electrons. The maximum absolute atomic E-state index is 12.0. The summed E-state index contributed by atoms with van der Waals surface area (Å²) in [6.45, 7) is 3.32. The zero-order chi connectivity index (χ0) is 16.8. The third-order valence-electron chi connectivity index (χ3n) is 3.64. The van der Waals surface area contributed by atoms with Crippen molar-refractivity contribution < 1.29 is 23.7 Å². The molecular formula is C13H17N3O7. The lowest BCUT2D eigenvalue weighted by Gasteiger charge is -2.24. The molecular weight excluding hydrogens is 310 g/mol. The van der Waals surface area contributed by atoms with Crippen molar-refractivity contribution in [3.05, 3.63) is 33.1 Å². The topological polar surface area (TPSA) is 135 Å². The summed E-state index contributed by atoms with van der Waals surface area (Å²) < 4.78 is 23.3. The van der Waals surface area contributed by atoms with Gasteiger partial charge < -0.3 is 24.7 Å². The Morgan fingerprint density at radius 3 is 2.74 bits per heavy atom. The van der Waals surface area contributed by atoms with Gasteiger partial charge in [-0.1, -0.05) is 0 Å². The van der Waals surface area contributed by atoms with Crippen molar-refractivity contribution in [2.45, 2.75) is 44.2 Å². The van der Waals surface area contributed by atoms with Gasteiger partial charge in [0.2, 0.25) is 0 Å². The lowest BCUT2D eigenvalue weighted by atomic mass is 10.1. The van der Waals surface area contributed by atoms with E-state index >= 15 is 0 Å². The van der Waals surface area contributed by atoms with E-state index in [1.54, 1.807) is 13.8 Å². The summed E-state index contributed by atoms with van der Waals surface area (Å²) in [5.74, 6) is -0.881. The van der Waals surface area contributed by atoms with Crippen molar-refractivity contribution in [3.8, 4) is 0 Å². The molecule has 4 atom stereocenters. The van der Waals surface area contributed by atoms with Gasteiger partial charge in [-0.15, -0.1) is 0 Å². The Bertz CT molecular complexity index is 725. The van der Waals surface area contributed by atoms with Crippen molar-refractivity contribution in [3.63, 3.8) is 0 Å². The summed E-state index contributed by atoms with van der Waals surface area (Å²) in [5, 5.41) is 0. The fourth-order valence-electron chi connectivity index (χ4n) is 2.81. The molecule has 2 aliphatic heterocycles. The number of nitrogens with one attached hydrogen (secondary N) is 1. The van der Waals surface area contributed by atoms with E-state index in [4.69, 9.17) is 24.7 Å². The van der Waals surface area contributed by atoms with Crippen molar-refractivity contribution in [1.82, 2.24) is 9.55 Å². The predicted molar refractivity (Wildman–Crippen MR) is 74.6 cm³/mol. The second-order valence-electron chi connectivity index (χ2n) is 5.78. The molecule has 23 heavy (non-hydrogen) atoms. The number of ether oxygens (including phenoxy) is 4. The second kappa shape index (κ2) is 5.48. The number of H-pyrrole nitrogens is 1. The Morgan fingerprint density at radius 1 is 1.39 bits per heavy atom. The SMILES string of the molecule is CC1(C)OC2C(COC(N)=O)OC(n3ccc(=O)[nH]c3=O)C2O1. The lowest BCUT2D eigenvalue weighted by Crippen LogP contribution is -2.37. The number of fused-ring (bicyclic) bond motifs is 1. The van der Waals surface area contributed by atoms with Crippen molar-refractivity contribution in [1.29, 1.82) is 0 Å². The summed E-state index contributed by atoms with van der Waals surface area (Å²) in [7, 11) is 0. The van der Waals surface area contributed by atoms with Crippen molar-refractivity contribution >= 4 is 6.09 Å². The van der Waals surface area contributed by atoms with Crippen LogP contribution in [0.15, 0.2) is 21.9 Å². The summed E-state index contributed by atoms with van der Waals surface area (Å²) in [6.07, 6.45) is -2.25. The fraction of sp³-hybridized carbons (Fsp3) is 0.615. The fourth-order valence-corrected chi connectivity index (χ4v) is 2.81. The molecule has 1 aromatic rings. The number of nitrogens with two attached hydrogens (primary N) is 1. The van der Waals surface area contributed by atoms with Crippen LogP contribution in [-0.2, 0) is 18.9 Å². The van der Waals surface area contributed by atoms with Crippen LogP contribution in [0.25, 0.3) is 0 Å². The third-order valence-corrected chi connectivity index (χ3v) is 3.64. The van der Waals surface area contributed by atoms with E-state index in [0.717, 1.165) is 0 Å². The first-order chi connectivity index (χ1) is 10.8. The number of primary amides is 1. The molecule has 0 saturated carbocycles. The predicted octanol–water partition coefficient (Wildman–Crippen LogP) is -0.951. The molecule has 3 heterocycles. The molecule has 0 aromatic carbocycles. The van der Waals surface area contributed by atoms with Crippen LogP contribution in [0.3, 0.4) is 0 Å². The first kappa shape index (κ1) is 15.7. The Morgan fingerprint density at radius 2 is 2.09 bits per heavy atom. The van der Waals surface area contributed by atoms with Crippen molar-refractivity contribution in [2.24, 2.45) is 5.73 Å². The highest BCUT2D eigenvalue weighted by Crippen LogP contribution is 2.42. The molecule has 2 saturated heterocycles. The summed E-state index contributed by atoms with van der Waals surface area (Å²) in [6, 6.07) is 1.20. The molecule has 1 amide bonds. The van der Waals surface area contributed by atoms with Gasteiger partial charge in [0.1, 0.15) is 24.9 Å². The van der Waals surface area contributed by atoms with Crippen LogP contribution in [0, 0.1) is 0 Å². The van der Waals surface area contributed by atoms with Crippen LogP contribution in [-0.4, -0.2) is 46.4 Å². The van der Waals surface area contributed by atoms with Gasteiger partial charge in [-0.25, -0.2) is 9.59 Å². The molecule has 0 bridgehead atoms. The molecule has 2 aliphatic rings. The minimum absolute atomic E-state index is 0.134. The summed E-state index contributed by atoms with van der Waals surface area (Å²) in [5.41, 5.74) is 3.82. The highest BCUT2D eigenvalue weighted by atomic mass is 16.8. The minimum Gasteiger partial charge on any atom is -0.447 e. The quantitative estimate of drug-likeness (QED) is 0.730. The zero-order valence-electron chi connectivity index (χ0n) is 12.6. The summed E-state index contributed by atoms with van der Waals surface area (Å²) in [4.78, 5) is 36.1. The number of aromatic nitrogens is 2. The van der Waals surface area contributed by atoms with Crippen LogP contribution in [0.1, 0.15) is 20.1 Å². The van der Waals surface area contributed by atoms with Gasteiger partial charge in [0, 0.05) is 12.3 Å². The maximum atomic E-state index is 12.0. The van der Waals surface area contributed by atoms with Crippen LogP contribution < -0.4 is 17.0 Å². The molecule has 3 N–H and O–H groups in total. The number of aromatic amines is 1. The number of amides is 1. The average Bonchev–Trinajstić information content (AvgIpc) is 2.90. The number of carbonyl (C=O) groups is 1. The molecule has 10 nitrogen and oxygen atoms in total. The van der Waals surface area contributed by atoms with E-state index in [-0.39, 0.29) is 6.61 Å². The number of hydrogen-bond acceptors (Lipinski definition) is 7. The largest absolute Gasteiger partial charge is 0.447 e. The molecule has 4 unspecified atom stereocenters. The molecule has 0 spiro atoms. The first-order valence-corrected chi connectivity index (χ1v) is 7.02. The molecule has 2 fully saturated rings. The standard InChI is InChI=1S/C13H17N3O7/c1-13(2)22-8-6(5-20-11(14)18)21-10(9(8)23-13)16-4-3-7(17)15-12(16)19/h3-4,6,8-10H,5H2,1-2H3,(H2,14,18)(H,15,17,19). The Labute approximate surface area is 130 Å². The van der Waals surface area contributed by atoms with E-state index in [1.807, 2.05) is 0 Å². The van der Waals surface area contributed by atoms with Gasteiger partial charge >= 0.3 is 11.8 Å². The number of carbonyl (C=O) groups excluding carboxylic acids is 1. The van der Waals surface area contributed by atoms with Crippen molar-refractivity contribution in [2.75, 3.05) is 6.61 Å². The molecule has 0 aliphatic carbocycles. The van der Waals surface area contributed by atoms with Gasteiger partial charge in [-0.05, 0) is 13.8 Å². The van der Waals surface area contributed by atoms with Gasteiger partial charge in [-0.3, -0.25) is 14.3 Å². The average molecular weight is 327 g/mol. The number of hydrogen-bond donors (Lipinski definition) is 2. The second-order valence-corrected chi connectivity index (χ2v) is 5.78. The van der Waals surface area contributed by atoms with Crippen LogP contribution in [0.2, 0.25) is 0 Å². The summed E-state index contributed by atoms with van der Waals surface area (Å²) >= 11 is 0. The molecule has 1 aromatic heterocycles. The smallest absolute Gasteiger partial charge is 0.404 e. The normalized spacial score (nSPS) is 31.7. The van der Waals surface area contributed by atoms with Crippen LogP contribution >= 0.6 is 0 Å². The first-order valence-electron chi connectivity index (χ1n) is 7.02. The lowest BCUT2D eigenvalue weighted by molar-refractivity contribution is -0.200. The Balaban J connectivity index is 1.90. The maximum Gasteiger partial charge on any atom is 0.404 e. The minimum atomic E-state index is -0.937. The monoisotopic (exact) mass is 327 g/mol. The van der Waals surface area contributed by atoms with Gasteiger partial charge in [-0.2, -0.15) is 0 Å². The van der Waals surface area contributed by atoms with E-state index < -0.39 is 47.7 Å². The van der Waals surface area contributed by atoms with Gasteiger partial charge in [0.05, 0.1) is 0 Å². The Kier molecular flexibility index (Phi) is 3.74. The number of nitrogens with zero attached hydrogens (tertiary/aromatic N) is 1. The van der Waals surface area contributed by atoms with E-state index in [0.29, 0.717) is 0 Å². The van der Waals surface area contributed by atoms with Gasteiger partial charge in [0.15, 0.2) is 12.0 Å². The van der Waals surface area contributed by atoms with Gasteiger partial charge in [0.25, 0.3) is 5.56 Å². The highest BCUT2D eigenvalue weighted by Gasteiger charge is 2.56.